The van der Waals surface area contributed by atoms with E-state index in [1.54, 1.807) is 0 Å². The number of benzene rings is 1. The second kappa shape index (κ2) is 9.24. The predicted octanol–water partition coefficient (Wildman–Crippen LogP) is 4.84. The van der Waals surface area contributed by atoms with E-state index in [0.717, 1.165) is 28.8 Å². The fraction of sp³-hybridized carbons (Fsp3) is 0.591. The van der Waals surface area contributed by atoms with E-state index in [2.05, 4.69) is 53.8 Å². The van der Waals surface area contributed by atoms with Gasteiger partial charge in [-0.05, 0) is 72.5 Å². The van der Waals surface area contributed by atoms with Crippen LogP contribution in [0, 0.1) is 5.92 Å². The van der Waals surface area contributed by atoms with Gasteiger partial charge in [0.05, 0.1) is 12.7 Å². The number of carbonyl (C=O) groups excluding carboxylic acids is 1. The number of halogens is 1. The van der Waals surface area contributed by atoms with Crippen LogP contribution in [0.15, 0.2) is 34.4 Å². The molecule has 0 aromatic heterocycles. The van der Waals surface area contributed by atoms with Crippen LogP contribution in [-0.4, -0.2) is 42.6 Å². The van der Waals surface area contributed by atoms with Crippen molar-refractivity contribution in [3.8, 4) is 0 Å². The van der Waals surface area contributed by atoms with Crippen LogP contribution in [0.1, 0.15) is 53.0 Å². The zero-order valence-corrected chi connectivity index (χ0v) is 19.0. The van der Waals surface area contributed by atoms with E-state index in [1.165, 1.54) is 20.0 Å². The Labute approximate surface area is 172 Å². The molecule has 2 rings (SSSR count). The fourth-order valence-corrected chi connectivity index (χ4v) is 4.32. The van der Waals surface area contributed by atoms with Crippen molar-refractivity contribution < 1.29 is 9.53 Å². The van der Waals surface area contributed by atoms with Crippen molar-refractivity contribution >= 4 is 27.5 Å². The average molecular weight is 437 g/mol. The Hall–Kier alpha value is -1.33. The highest BCUT2D eigenvalue weighted by atomic mass is 79.9. The first kappa shape index (κ1) is 22.0. The summed E-state index contributed by atoms with van der Waals surface area (Å²) in [6.07, 6.45) is 2.34. The lowest BCUT2D eigenvalue weighted by atomic mass is 9.88. The summed E-state index contributed by atoms with van der Waals surface area (Å²) >= 11 is 3.56. The Morgan fingerprint density at radius 3 is 2.37 bits per heavy atom. The lowest BCUT2D eigenvalue weighted by Crippen LogP contribution is -2.48. The minimum absolute atomic E-state index is 0.231. The molecule has 0 saturated carbocycles. The Morgan fingerprint density at radius 2 is 1.85 bits per heavy atom. The molecule has 1 saturated heterocycles. The van der Waals surface area contributed by atoms with Crippen LogP contribution in [0.2, 0.25) is 0 Å². The third kappa shape index (κ3) is 5.58. The molecule has 1 aromatic rings. The van der Waals surface area contributed by atoms with Crippen molar-refractivity contribution in [1.29, 1.82) is 0 Å². The zero-order chi connectivity index (χ0) is 20.2. The van der Waals surface area contributed by atoms with Gasteiger partial charge in [-0.15, -0.1) is 0 Å². The highest BCUT2D eigenvalue weighted by Crippen LogP contribution is 2.29. The minimum Gasteiger partial charge on any atom is -0.465 e. The molecule has 0 aliphatic carbocycles. The van der Waals surface area contributed by atoms with Crippen molar-refractivity contribution in [2.45, 2.75) is 59.0 Å². The number of likely N-dealkylation sites (tertiary alicyclic amines) is 1. The maximum Gasteiger partial charge on any atom is 0.340 e. The number of nitrogens with one attached hydrogen (secondary N) is 1. The van der Waals surface area contributed by atoms with E-state index in [1.807, 2.05) is 31.2 Å². The van der Waals surface area contributed by atoms with E-state index in [9.17, 15) is 4.79 Å². The number of esters is 1. The van der Waals surface area contributed by atoms with Crippen LogP contribution >= 0.6 is 15.9 Å². The molecule has 1 heterocycles. The van der Waals surface area contributed by atoms with Crippen molar-refractivity contribution in [3.63, 3.8) is 0 Å². The second-order valence-electron chi connectivity index (χ2n) is 8.40. The highest BCUT2D eigenvalue weighted by molar-refractivity contribution is 9.10. The highest BCUT2D eigenvalue weighted by Gasteiger charge is 2.30. The number of allylic oxidation sites excluding steroid dienone is 1. The molecule has 27 heavy (non-hydrogen) atoms. The molecule has 1 N–H and O–H groups in total. The topological polar surface area (TPSA) is 41.6 Å². The van der Waals surface area contributed by atoms with Gasteiger partial charge in [-0.3, -0.25) is 4.90 Å². The third-order valence-electron chi connectivity index (χ3n) is 5.55. The summed E-state index contributed by atoms with van der Waals surface area (Å²) in [4.78, 5) is 15.0. The van der Waals surface area contributed by atoms with Gasteiger partial charge in [-0.25, -0.2) is 4.79 Å². The van der Waals surface area contributed by atoms with E-state index in [0.29, 0.717) is 17.5 Å². The molecule has 1 unspecified atom stereocenters. The minimum atomic E-state index is -0.318. The Balaban J connectivity index is 2.15. The van der Waals surface area contributed by atoms with Crippen molar-refractivity contribution in [2.75, 3.05) is 20.2 Å². The van der Waals surface area contributed by atoms with Crippen LogP contribution < -0.4 is 5.32 Å². The molecule has 4 nitrogen and oxygen atoms in total. The second-order valence-corrected chi connectivity index (χ2v) is 9.25. The summed E-state index contributed by atoms with van der Waals surface area (Å²) in [6, 6.07) is 8.05. The van der Waals surface area contributed by atoms with E-state index in [4.69, 9.17) is 4.74 Å². The number of nitrogens with zero attached hydrogens (tertiary/aromatic N) is 1. The van der Waals surface area contributed by atoms with Crippen LogP contribution in [0.25, 0.3) is 5.57 Å². The van der Waals surface area contributed by atoms with Gasteiger partial charge in [0, 0.05) is 27.3 Å². The van der Waals surface area contributed by atoms with Gasteiger partial charge in [0.1, 0.15) is 0 Å². The summed E-state index contributed by atoms with van der Waals surface area (Å²) in [5.74, 6) is 0.276. The molecular formula is C22H33BrN2O2. The maximum atomic E-state index is 12.5. The molecule has 0 bridgehead atoms. The van der Waals surface area contributed by atoms with Crippen LogP contribution in [0.3, 0.4) is 0 Å². The van der Waals surface area contributed by atoms with Crippen molar-refractivity contribution in [2.24, 2.45) is 5.92 Å². The molecule has 0 radical (unpaired) electrons. The molecule has 1 fully saturated rings. The number of methoxy groups -OCH3 is 1. The van der Waals surface area contributed by atoms with Crippen molar-refractivity contribution in [3.05, 3.63) is 40.0 Å². The first-order valence-corrected chi connectivity index (χ1v) is 10.5. The van der Waals surface area contributed by atoms with E-state index >= 15 is 0 Å². The van der Waals surface area contributed by atoms with Crippen LogP contribution in [0.5, 0.6) is 0 Å². The van der Waals surface area contributed by atoms with Gasteiger partial charge < -0.3 is 10.1 Å². The van der Waals surface area contributed by atoms with Gasteiger partial charge in [-0.1, -0.05) is 34.1 Å². The monoisotopic (exact) mass is 436 g/mol. The lowest BCUT2D eigenvalue weighted by Gasteiger charge is -2.42. The zero-order valence-electron chi connectivity index (χ0n) is 17.4. The Bertz CT molecular complexity index is 686. The van der Waals surface area contributed by atoms with Crippen molar-refractivity contribution in [1.82, 2.24) is 10.2 Å². The summed E-state index contributed by atoms with van der Waals surface area (Å²) in [6.45, 7) is 13.3. The number of hydrogen-bond acceptors (Lipinski definition) is 4. The largest absolute Gasteiger partial charge is 0.465 e. The van der Waals surface area contributed by atoms with E-state index < -0.39 is 0 Å². The lowest BCUT2D eigenvalue weighted by molar-refractivity contribution is -0.133. The van der Waals surface area contributed by atoms with Gasteiger partial charge in [0.25, 0.3) is 0 Å². The Kier molecular flexibility index (Phi) is 7.52. The number of carbonyl (C=O) groups is 1. The quantitative estimate of drug-likeness (QED) is 0.529. The summed E-state index contributed by atoms with van der Waals surface area (Å²) in [5, 5.41) is 3.58. The maximum absolute atomic E-state index is 12.5. The smallest absolute Gasteiger partial charge is 0.340 e. The Morgan fingerprint density at radius 1 is 1.26 bits per heavy atom. The van der Waals surface area contributed by atoms with Gasteiger partial charge in [-0.2, -0.15) is 0 Å². The molecule has 1 aliphatic rings. The molecular weight excluding hydrogens is 404 g/mol. The predicted molar refractivity (Wildman–Crippen MR) is 115 cm³/mol. The fourth-order valence-electron chi connectivity index (χ4n) is 3.83. The first-order chi connectivity index (χ1) is 12.6. The first-order valence-electron chi connectivity index (χ1n) is 9.70. The molecule has 1 aromatic carbocycles. The normalized spacial score (nSPS) is 18.6. The number of hydrogen-bond donors (Lipinski definition) is 1. The molecule has 0 spiro atoms. The third-order valence-corrected chi connectivity index (χ3v) is 6.24. The van der Waals surface area contributed by atoms with Crippen LogP contribution in [0.4, 0.5) is 0 Å². The summed E-state index contributed by atoms with van der Waals surface area (Å²) < 4.78 is 5.94. The van der Waals surface area contributed by atoms with Gasteiger partial charge in [0.15, 0.2) is 0 Å². The van der Waals surface area contributed by atoms with Gasteiger partial charge >= 0.3 is 5.97 Å². The number of ether oxygens (including phenoxy) is 1. The average Bonchev–Trinajstić information content (AvgIpc) is 2.62. The standard InChI is InChI=1S/C22H33BrN2O2/c1-15(17-11-13-25(14-12-17)22(3,4)5)24-16(2)20(21(26)27-6)18-9-7-8-10-19(18)23/h7-10,15,17,24H,11-14H2,1-6H3/b20-16-. The van der Waals surface area contributed by atoms with Crippen LogP contribution in [-0.2, 0) is 9.53 Å². The van der Waals surface area contributed by atoms with Gasteiger partial charge in [0.2, 0.25) is 0 Å². The molecule has 0 amide bonds. The molecule has 150 valence electrons. The summed E-state index contributed by atoms with van der Waals surface area (Å²) in [7, 11) is 1.43. The molecule has 1 aliphatic heterocycles. The molecule has 1 atom stereocenters. The molecule has 5 heteroatoms. The van der Waals surface area contributed by atoms with E-state index in [-0.39, 0.29) is 11.5 Å². The summed E-state index contributed by atoms with van der Waals surface area (Å²) in [5.41, 5.74) is 2.53. The SMILES string of the molecule is COC(=O)/C(=C(/C)NC(C)C1CCN(C(C)(C)C)CC1)c1ccccc1Br. The number of piperidine rings is 1. The number of rotatable bonds is 5.